The van der Waals surface area contributed by atoms with Crippen LogP contribution < -0.4 is 15.5 Å². The molecular weight excluding hydrogens is 430 g/mol. The summed E-state index contributed by atoms with van der Waals surface area (Å²) in [6, 6.07) is 14.9. The van der Waals surface area contributed by atoms with E-state index in [4.69, 9.17) is 4.74 Å². The van der Waals surface area contributed by atoms with Crippen LogP contribution in [0.4, 0.5) is 14.5 Å². The highest BCUT2D eigenvalue weighted by molar-refractivity contribution is 6.10. The van der Waals surface area contributed by atoms with E-state index in [1.54, 1.807) is 12.1 Å². The summed E-state index contributed by atoms with van der Waals surface area (Å²) in [5.41, 5.74) is 0.255. The number of hydrogen-bond donors (Lipinski definition) is 1. The Bertz CT molecular complexity index is 1410. The van der Waals surface area contributed by atoms with E-state index in [1.807, 2.05) is 0 Å². The number of methoxy groups -OCH3 is 1. The normalized spacial score (nSPS) is 10.8. The number of fused-ring (bicyclic) bond motifs is 1. The molecule has 33 heavy (non-hydrogen) atoms. The second-order valence-corrected chi connectivity index (χ2v) is 7.27. The quantitative estimate of drug-likeness (QED) is 0.450. The molecule has 0 spiro atoms. The van der Waals surface area contributed by atoms with Crippen LogP contribution in [0.15, 0.2) is 77.7 Å². The molecule has 1 aromatic heterocycles. The van der Waals surface area contributed by atoms with E-state index in [2.05, 4.69) is 5.32 Å². The van der Waals surface area contributed by atoms with Crippen LogP contribution in [0.1, 0.15) is 15.9 Å². The molecule has 0 atom stereocenters. The summed E-state index contributed by atoms with van der Waals surface area (Å²) in [4.78, 5) is 38.8. The SMILES string of the molecule is COc1ccc2c(c1)c(=O)c(C(=O)c1ccc(F)cc1)cn2CC(=O)Nc1ccc(F)cc1. The summed E-state index contributed by atoms with van der Waals surface area (Å²) in [6.07, 6.45) is 1.31. The molecule has 0 aliphatic heterocycles. The van der Waals surface area contributed by atoms with E-state index in [1.165, 1.54) is 60.3 Å². The topological polar surface area (TPSA) is 77.4 Å². The summed E-state index contributed by atoms with van der Waals surface area (Å²) in [7, 11) is 1.45. The fourth-order valence-electron chi connectivity index (χ4n) is 3.44. The molecule has 0 aliphatic rings. The van der Waals surface area contributed by atoms with Crippen LogP contribution in [-0.2, 0) is 11.3 Å². The molecular formula is C25H18F2N2O4. The third kappa shape index (κ3) is 4.64. The summed E-state index contributed by atoms with van der Waals surface area (Å²) in [6.45, 7) is -0.218. The zero-order valence-corrected chi connectivity index (χ0v) is 17.5. The van der Waals surface area contributed by atoms with Crippen LogP contribution >= 0.6 is 0 Å². The van der Waals surface area contributed by atoms with Gasteiger partial charge in [0.05, 0.1) is 23.6 Å². The number of anilines is 1. The number of nitrogens with zero attached hydrogens (tertiary/aromatic N) is 1. The highest BCUT2D eigenvalue weighted by Gasteiger charge is 2.19. The van der Waals surface area contributed by atoms with Gasteiger partial charge >= 0.3 is 0 Å². The minimum Gasteiger partial charge on any atom is -0.497 e. The van der Waals surface area contributed by atoms with Gasteiger partial charge in [-0.05, 0) is 66.7 Å². The van der Waals surface area contributed by atoms with E-state index in [-0.39, 0.29) is 23.1 Å². The van der Waals surface area contributed by atoms with Crippen LogP contribution in [0.3, 0.4) is 0 Å². The predicted molar refractivity (Wildman–Crippen MR) is 120 cm³/mol. The van der Waals surface area contributed by atoms with Crippen molar-refractivity contribution in [3.05, 3.63) is 106 Å². The number of pyridine rings is 1. The van der Waals surface area contributed by atoms with Gasteiger partial charge in [0, 0.05) is 17.4 Å². The predicted octanol–water partition coefficient (Wildman–Crippen LogP) is 4.16. The van der Waals surface area contributed by atoms with Gasteiger partial charge in [0.15, 0.2) is 5.78 Å². The zero-order valence-electron chi connectivity index (χ0n) is 17.5. The van der Waals surface area contributed by atoms with E-state index >= 15 is 0 Å². The molecule has 0 saturated carbocycles. The lowest BCUT2D eigenvalue weighted by Crippen LogP contribution is -2.24. The Labute approximate surface area is 187 Å². The molecule has 4 aromatic rings. The van der Waals surface area contributed by atoms with Gasteiger partial charge in [0.25, 0.3) is 0 Å². The number of benzene rings is 3. The number of ketones is 1. The number of rotatable bonds is 6. The molecule has 166 valence electrons. The molecule has 0 saturated heterocycles. The van der Waals surface area contributed by atoms with Crippen LogP contribution in [0.5, 0.6) is 5.75 Å². The van der Waals surface area contributed by atoms with Crippen molar-refractivity contribution in [1.29, 1.82) is 0 Å². The third-order valence-electron chi connectivity index (χ3n) is 5.08. The Morgan fingerprint density at radius 1 is 0.939 bits per heavy atom. The van der Waals surface area contributed by atoms with Gasteiger partial charge in [0.2, 0.25) is 11.3 Å². The third-order valence-corrected chi connectivity index (χ3v) is 5.08. The Morgan fingerprint density at radius 3 is 2.21 bits per heavy atom. The van der Waals surface area contributed by atoms with Gasteiger partial charge in [-0.25, -0.2) is 8.78 Å². The zero-order chi connectivity index (χ0) is 23.5. The van der Waals surface area contributed by atoms with Crippen molar-refractivity contribution >= 4 is 28.3 Å². The van der Waals surface area contributed by atoms with Gasteiger partial charge in [0.1, 0.15) is 23.9 Å². The number of hydrogen-bond acceptors (Lipinski definition) is 4. The standard InChI is InChI=1S/C25H18F2N2O4/c1-33-19-10-11-22-20(12-19)25(32)21(24(31)15-2-4-16(26)5-3-15)13-29(22)14-23(30)28-18-8-6-17(27)7-9-18/h2-13H,14H2,1H3,(H,28,30). The first-order chi connectivity index (χ1) is 15.9. The van der Waals surface area contributed by atoms with Crippen LogP contribution in [0.25, 0.3) is 10.9 Å². The average Bonchev–Trinajstić information content (AvgIpc) is 2.82. The first kappa shape index (κ1) is 21.9. The molecule has 6 nitrogen and oxygen atoms in total. The number of ether oxygens (including phenoxy) is 1. The van der Waals surface area contributed by atoms with Crippen LogP contribution in [0, 0.1) is 11.6 Å². The molecule has 1 heterocycles. The van der Waals surface area contributed by atoms with E-state index in [0.29, 0.717) is 17.0 Å². The molecule has 0 unspecified atom stereocenters. The van der Waals surface area contributed by atoms with Crippen molar-refractivity contribution in [3.8, 4) is 5.75 Å². The maximum atomic E-state index is 13.3. The highest BCUT2D eigenvalue weighted by Crippen LogP contribution is 2.21. The number of nitrogens with one attached hydrogen (secondary N) is 1. The monoisotopic (exact) mass is 448 g/mol. The molecule has 8 heteroatoms. The first-order valence-electron chi connectivity index (χ1n) is 9.92. The van der Waals surface area contributed by atoms with Crippen molar-refractivity contribution in [3.63, 3.8) is 0 Å². The van der Waals surface area contributed by atoms with Gasteiger partial charge in [-0.2, -0.15) is 0 Å². The van der Waals surface area contributed by atoms with Crippen molar-refractivity contribution in [2.24, 2.45) is 0 Å². The number of aromatic nitrogens is 1. The van der Waals surface area contributed by atoms with Crippen LogP contribution in [0.2, 0.25) is 0 Å². The molecule has 0 aliphatic carbocycles. The molecule has 0 radical (unpaired) electrons. The largest absolute Gasteiger partial charge is 0.497 e. The minimum atomic E-state index is -0.600. The Hall–Kier alpha value is -4.33. The number of amides is 1. The molecule has 1 amide bonds. The molecule has 0 fully saturated rings. The van der Waals surface area contributed by atoms with Gasteiger partial charge in [-0.3, -0.25) is 14.4 Å². The maximum Gasteiger partial charge on any atom is 0.244 e. The van der Waals surface area contributed by atoms with E-state index < -0.39 is 28.8 Å². The minimum absolute atomic E-state index is 0.137. The van der Waals surface area contributed by atoms with E-state index in [9.17, 15) is 23.2 Å². The van der Waals surface area contributed by atoms with Crippen molar-refractivity contribution < 1.29 is 23.1 Å². The number of carbonyl (C=O) groups excluding carboxylic acids is 2. The smallest absolute Gasteiger partial charge is 0.244 e. The van der Waals surface area contributed by atoms with Crippen LogP contribution in [-0.4, -0.2) is 23.4 Å². The summed E-state index contributed by atoms with van der Waals surface area (Å²) in [5, 5.41) is 2.84. The first-order valence-corrected chi connectivity index (χ1v) is 9.92. The summed E-state index contributed by atoms with van der Waals surface area (Å²) >= 11 is 0. The lowest BCUT2D eigenvalue weighted by atomic mass is 10.0. The Balaban J connectivity index is 1.77. The molecule has 0 bridgehead atoms. The van der Waals surface area contributed by atoms with Crippen molar-refractivity contribution in [2.75, 3.05) is 12.4 Å². The second kappa shape index (κ2) is 9.04. The maximum absolute atomic E-state index is 13.3. The molecule has 3 aromatic carbocycles. The van der Waals surface area contributed by atoms with Gasteiger partial charge < -0.3 is 14.6 Å². The second-order valence-electron chi connectivity index (χ2n) is 7.27. The molecule has 4 rings (SSSR count). The lowest BCUT2D eigenvalue weighted by Gasteiger charge is -2.14. The van der Waals surface area contributed by atoms with Gasteiger partial charge in [-0.1, -0.05) is 0 Å². The summed E-state index contributed by atoms with van der Waals surface area (Å²) in [5.74, 6) is -1.57. The number of halogens is 2. The fraction of sp³-hybridized carbons (Fsp3) is 0.0800. The Kier molecular flexibility index (Phi) is 5.99. The Morgan fingerprint density at radius 2 is 1.58 bits per heavy atom. The van der Waals surface area contributed by atoms with Crippen molar-refractivity contribution in [1.82, 2.24) is 4.57 Å². The lowest BCUT2D eigenvalue weighted by molar-refractivity contribution is -0.116. The summed E-state index contributed by atoms with van der Waals surface area (Å²) < 4.78 is 33.1. The van der Waals surface area contributed by atoms with Gasteiger partial charge in [-0.15, -0.1) is 0 Å². The highest BCUT2D eigenvalue weighted by atomic mass is 19.1. The van der Waals surface area contributed by atoms with E-state index in [0.717, 1.165) is 12.1 Å². The van der Waals surface area contributed by atoms with Crippen molar-refractivity contribution in [2.45, 2.75) is 6.54 Å². The number of carbonyl (C=O) groups is 2. The fourth-order valence-corrected chi connectivity index (χ4v) is 3.44. The molecule has 1 N–H and O–H groups in total. The average molecular weight is 448 g/mol.